The van der Waals surface area contributed by atoms with Gasteiger partial charge in [-0.15, -0.1) is 0 Å². The van der Waals surface area contributed by atoms with E-state index in [1.807, 2.05) is 23.9 Å². The van der Waals surface area contributed by atoms with Gasteiger partial charge in [-0.25, -0.2) is 4.98 Å². The summed E-state index contributed by atoms with van der Waals surface area (Å²) in [5.74, 6) is 2.07. The molecule has 82 valence electrons. The molecule has 15 heavy (non-hydrogen) atoms. The Morgan fingerprint density at radius 3 is 3.20 bits per heavy atom. The molecule has 0 radical (unpaired) electrons. The Morgan fingerprint density at radius 1 is 1.67 bits per heavy atom. The van der Waals surface area contributed by atoms with Gasteiger partial charge in [-0.05, 0) is 37.7 Å². The highest BCUT2D eigenvalue weighted by atomic mass is 35.5. The summed E-state index contributed by atoms with van der Waals surface area (Å²) in [5, 5.41) is 4.03. The van der Waals surface area contributed by atoms with E-state index in [0.717, 1.165) is 12.4 Å². The van der Waals surface area contributed by atoms with E-state index in [1.165, 1.54) is 18.6 Å². The third-order valence-corrected chi connectivity index (χ3v) is 4.53. The normalized spacial score (nSPS) is 25.5. The smallest absolute Gasteiger partial charge is 0.144 e. The number of pyridine rings is 1. The topological polar surface area (TPSA) is 24.9 Å². The number of anilines is 1. The molecular formula is C11H15ClN2S. The summed E-state index contributed by atoms with van der Waals surface area (Å²) in [7, 11) is 0. The number of nitrogens with one attached hydrogen (secondary N) is 1. The van der Waals surface area contributed by atoms with E-state index in [9.17, 15) is 0 Å². The molecule has 1 aromatic rings. The van der Waals surface area contributed by atoms with Gasteiger partial charge in [-0.2, -0.15) is 11.8 Å². The van der Waals surface area contributed by atoms with Crippen LogP contribution in [-0.2, 0) is 0 Å². The average molecular weight is 243 g/mol. The largest absolute Gasteiger partial charge is 0.367 e. The molecule has 1 saturated heterocycles. The zero-order valence-corrected chi connectivity index (χ0v) is 10.4. The lowest BCUT2D eigenvalue weighted by molar-refractivity contribution is 0.634. The zero-order chi connectivity index (χ0) is 10.7. The molecule has 0 spiro atoms. The lowest BCUT2D eigenvalue weighted by Crippen LogP contribution is -2.27. The molecule has 1 atom stereocenters. The van der Waals surface area contributed by atoms with Crippen LogP contribution in [0.1, 0.15) is 19.8 Å². The molecule has 1 fully saturated rings. The third-order valence-electron chi connectivity index (χ3n) is 2.69. The van der Waals surface area contributed by atoms with Gasteiger partial charge in [0.15, 0.2) is 0 Å². The van der Waals surface area contributed by atoms with E-state index in [0.29, 0.717) is 9.77 Å². The molecule has 1 aliphatic rings. The first kappa shape index (κ1) is 11.1. The first-order valence-electron chi connectivity index (χ1n) is 5.18. The number of thioether (sulfide) groups is 1. The van der Waals surface area contributed by atoms with Crippen LogP contribution in [-0.4, -0.2) is 22.0 Å². The molecular weight excluding hydrogens is 228 g/mol. The zero-order valence-electron chi connectivity index (χ0n) is 8.79. The second kappa shape index (κ2) is 4.62. The number of aromatic nitrogens is 1. The summed E-state index contributed by atoms with van der Waals surface area (Å²) in [4.78, 5) is 4.22. The fraction of sp³-hybridized carbons (Fsp3) is 0.545. The van der Waals surface area contributed by atoms with Crippen molar-refractivity contribution < 1.29 is 0 Å². The van der Waals surface area contributed by atoms with Gasteiger partial charge >= 0.3 is 0 Å². The van der Waals surface area contributed by atoms with Crippen LogP contribution in [0.2, 0.25) is 5.02 Å². The monoisotopic (exact) mass is 242 g/mol. The van der Waals surface area contributed by atoms with Crippen LogP contribution in [0.15, 0.2) is 18.3 Å². The lowest BCUT2D eigenvalue weighted by atomic mass is 10.1. The highest BCUT2D eigenvalue weighted by molar-refractivity contribution is 8.00. The average Bonchev–Trinajstić information content (AvgIpc) is 2.65. The molecule has 1 N–H and O–H groups in total. The maximum Gasteiger partial charge on any atom is 0.144 e. The second-order valence-corrected chi connectivity index (χ2v) is 6.18. The first-order chi connectivity index (χ1) is 7.20. The predicted molar refractivity (Wildman–Crippen MR) is 67.8 cm³/mol. The Hall–Kier alpha value is -0.410. The van der Waals surface area contributed by atoms with Crippen molar-refractivity contribution in [2.24, 2.45) is 0 Å². The minimum absolute atomic E-state index is 0.348. The van der Waals surface area contributed by atoms with Gasteiger partial charge in [0.25, 0.3) is 0 Å². The molecule has 1 aromatic heterocycles. The Bertz CT molecular complexity index is 337. The van der Waals surface area contributed by atoms with E-state index >= 15 is 0 Å². The SMILES string of the molecule is CC1(CNc2ncccc2Cl)CCCS1. The molecule has 0 aliphatic carbocycles. The molecule has 4 heteroatoms. The Kier molecular flexibility index (Phi) is 3.42. The highest BCUT2D eigenvalue weighted by Gasteiger charge is 2.29. The van der Waals surface area contributed by atoms with Gasteiger partial charge < -0.3 is 5.32 Å². The van der Waals surface area contributed by atoms with Crippen molar-refractivity contribution in [2.45, 2.75) is 24.5 Å². The second-order valence-electron chi connectivity index (χ2n) is 4.09. The fourth-order valence-electron chi connectivity index (χ4n) is 1.76. The van der Waals surface area contributed by atoms with Crippen molar-refractivity contribution in [2.75, 3.05) is 17.6 Å². The van der Waals surface area contributed by atoms with Crippen LogP contribution in [0.5, 0.6) is 0 Å². The van der Waals surface area contributed by atoms with E-state index in [1.54, 1.807) is 6.20 Å². The quantitative estimate of drug-likeness (QED) is 0.879. The van der Waals surface area contributed by atoms with Crippen LogP contribution in [0.3, 0.4) is 0 Å². The lowest BCUT2D eigenvalue weighted by Gasteiger charge is -2.23. The van der Waals surface area contributed by atoms with Gasteiger partial charge in [0.05, 0.1) is 5.02 Å². The molecule has 0 aromatic carbocycles. The van der Waals surface area contributed by atoms with Crippen LogP contribution < -0.4 is 5.32 Å². The number of hydrogen-bond donors (Lipinski definition) is 1. The number of halogens is 1. The predicted octanol–water partition coefficient (Wildman–Crippen LogP) is 3.43. The van der Waals surface area contributed by atoms with Gasteiger partial charge in [0.1, 0.15) is 5.82 Å². The minimum atomic E-state index is 0.348. The van der Waals surface area contributed by atoms with Crippen molar-refractivity contribution in [1.29, 1.82) is 0 Å². The Balaban J connectivity index is 1.95. The van der Waals surface area contributed by atoms with Gasteiger partial charge in [-0.3, -0.25) is 0 Å². The number of rotatable bonds is 3. The molecule has 0 saturated carbocycles. The summed E-state index contributed by atoms with van der Waals surface area (Å²) in [6.07, 6.45) is 4.35. The number of nitrogens with zero attached hydrogens (tertiary/aromatic N) is 1. The van der Waals surface area contributed by atoms with Gasteiger partial charge in [-0.1, -0.05) is 11.6 Å². The van der Waals surface area contributed by atoms with E-state index < -0.39 is 0 Å². The van der Waals surface area contributed by atoms with E-state index in [4.69, 9.17) is 11.6 Å². The number of hydrogen-bond acceptors (Lipinski definition) is 3. The third kappa shape index (κ3) is 2.79. The van der Waals surface area contributed by atoms with Crippen molar-refractivity contribution in [1.82, 2.24) is 4.98 Å². The van der Waals surface area contributed by atoms with Crippen molar-refractivity contribution in [3.8, 4) is 0 Å². The summed E-state index contributed by atoms with van der Waals surface area (Å²) < 4.78 is 0.348. The minimum Gasteiger partial charge on any atom is -0.367 e. The van der Waals surface area contributed by atoms with Crippen molar-refractivity contribution >= 4 is 29.2 Å². The molecule has 2 heterocycles. The molecule has 2 nitrogen and oxygen atoms in total. The van der Waals surface area contributed by atoms with Crippen LogP contribution >= 0.6 is 23.4 Å². The molecule has 1 unspecified atom stereocenters. The van der Waals surface area contributed by atoms with E-state index in [2.05, 4.69) is 17.2 Å². The van der Waals surface area contributed by atoms with Crippen molar-refractivity contribution in [3.05, 3.63) is 23.4 Å². The van der Waals surface area contributed by atoms with Crippen LogP contribution in [0.25, 0.3) is 0 Å². The van der Waals surface area contributed by atoms with E-state index in [-0.39, 0.29) is 0 Å². The Labute approximate surface area is 99.8 Å². The van der Waals surface area contributed by atoms with Crippen LogP contribution in [0.4, 0.5) is 5.82 Å². The Morgan fingerprint density at radius 2 is 2.53 bits per heavy atom. The maximum atomic E-state index is 6.02. The summed E-state index contributed by atoms with van der Waals surface area (Å²) in [6, 6.07) is 3.71. The molecule has 1 aliphatic heterocycles. The standard InChI is InChI=1S/C11H15ClN2S/c1-11(5-3-7-15-11)8-14-10-9(12)4-2-6-13-10/h2,4,6H,3,5,7-8H2,1H3,(H,13,14). The van der Waals surface area contributed by atoms with Crippen LogP contribution in [0, 0.1) is 0 Å². The van der Waals surface area contributed by atoms with Gasteiger partial charge in [0, 0.05) is 17.5 Å². The maximum absolute atomic E-state index is 6.02. The summed E-state index contributed by atoms with van der Waals surface area (Å²) >= 11 is 8.06. The molecule has 0 bridgehead atoms. The molecule has 2 rings (SSSR count). The first-order valence-corrected chi connectivity index (χ1v) is 6.54. The van der Waals surface area contributed by atoms with Gasteiger partial charge in [0.2, 0.25) is 0 Å². The summed E-state index contributed by atoms with van der Waals surface area (Å²) in [5.41, 5.74) is 0. The highest BCUT2D eigenvalue weighted by Crippen LogP contribution is 2.37. The van der Waals surface area contributed by atoms with Crippen molar-refractivity contribution in [3.63, 3.8) is 0 Å². The molecule has 0 amide bonds. The fourth-order valence-corrected chi connectivity index (χ4v) is 3.20. The summed E-state index contributed by atoms with van der Waals surface area (Å²) in [6.45, 7) is 3.24.